The van der Waals surface area contributed by atoms with Crippen molar-refractivity contribution in [2.45, 2.75) is 18.8 Å². The molecule has 19 heavy (non-hydrogen) atoms. The lowest BCUT2D eigenvalue weighted by atomic mass is 9.96. The van der Waals surface area contributed by atoms with Crippen LogP contribution >= 0.6 is 15.9 Å². The zero-order valence-electron chi connectivity index (χ0n) is 11.0. The Morgan fingerprint density at radius 1 is 1.26 bits per heavy atom. The maximum Gasteiger partial charge on any atom is 0.311 e. The highest BCUT2D eigenvalue weighted by Gasteiger charge is 2.19. The molecule has 0 aliphatic rings. The van der Waals surface area contributed by atoms with Crippen molar-refractivity contribution in [1.29, 1.82) is 0 Å². The smallest absolute Gasteiger partial charge is 0.311 e. The molecule has 0 bridgehead atoms. The monoisotopic (exact) mass is 330 g/mol. The molecule has 0 saturated heterocycles. The van der Waals surface area contributed by atoms with E-state index in [4.69, 9.17) is 9.47 Å². The quantitative estimate of drug-likeness (QED) is 0.707. The minimum absolute atomic E-state index is 0.441. The minimum atomic E-state index is -0.817. The molecule has 0 aliphatic heterocycles. The molecular formula is C14H19BrO4. The fourth-order valence-corrected chi connectivity index (χ4v) is 2.00. The van der Waals surface area contributed by atoms with E-state index in [1.54, 1.807) is 7.11 Å². The van der Waals surface area contributed by atoms with Crippen LogP contribution in [0, 0.1) is 0 Å². The van der Waals surface area contributed by atoms with E-state index in [2.05, 4.69) is 15.9 Å². The summed E-state index contributed by atoms with van der Waals surface area (Å²) in [6, 6.07) is 7.36. The predicted octanol–water partition coefficient (Wildman–Crippen LogP) is 3.06. The maximum absolute atomic E-state index is 11.3. The number of aliphatic carboxylic acids is 1. The Morgan fingerprint density at radius 2 is 1.95 bits per heavy atom. The molecule has 1 atom stereocenters. The molecule has 0 heterocycles. The number of carboxylic acid groups (broad SMARTS) is 1. The summed E-state index contributed by atoms with van der Waals surface area (Å²) < 4.78 is 11.3. The zero-order valence-corrected chi connectivity index (χ0v) is 12.6. The second-order valence-electron chi connectivity index (χ2n) is 4.19. The molecule has 1 aromatic rings. The molecule has 0 aromatic heterocycles. The fourth-order valence-electron chi connectivity index (χ4n) is 1.74. The Kier molecular flexibility index (Phi) is 7.70. The molecule has 1 N–H and O–H groups in total. The number of hydrogen-bond acceptors (Lipinski definition) is 3. The topological polar surface area (TPSA) is 55.8 Å². The normalized spacial score (nSPS) is 12.3. The largest absolute Gasteiger partial charge is 0.481 e. The second kappa shape index (κ2) is 9.07. The van der Waals surface area contributed by atoms with Gasteiger partial charge in [-0.05, 0) is 30.5 Å². The van der Waals surface area contributed by atoms with E-state index in [0.717, 1.165) is 16.5 Å². The van der Waals surface area contributed by atoms with Gasteiger partial charge in [0.2, 0.25) is 0 Å². The number of carboxylic acids is 1. The highest BCUT2D eigenvalue weighted by atomic mass is 79.9. The lowest BCUT2D eigenvalue weighted by Crippen LogP contribution is -2.14. The van der Waals surface area contributed by atoms with Crippen molar-refractivity contribution in [2.75, 3.05) is 26.9 Å². The van der Waals surface area contributed by atoms with Crippen molar-refractivity contribution < 1.29 is 19.4 Å². The first kappa shape index (κ1) is 16.1. The Labute approximate surface area is 121 Å². The van der Waals surface area contributed by atoms with Crippen LogP contribution in [0.3, 0.4) is 0 Å². The average Bonchev–Trinajstić information content (AvgIpc) is 2.39. The molecule has 0 radical (unpaired) electrons. The molecule has 1 rings (SSSR count). The number of halogens is 1. The summed E-state index contributed by atoms with van der Waals surface area (Å²) in [7, 11) is 1.65. The van der Waals surface area contributed by atoms with Crippen molar-refractivity contribution >= 4 is 21.9 Å². The van der Waals surface area contributed by atoms with Gasteiger partial charge in [0.15, 0.2) is 0 Å². The van der Waals surface area contributed by atoms with Crippen LogP contribution in [-0.4, -0.2) is 38.0 Å². The van der Waals surface area contributed by atoms with Crippen molar-refractivity contribution in [2.24, 2.45) is 0 Å². The highest BCUT2D eigenvalue weighted by Crippen LogP contribution is 2.22. The van der Waals surface area contributed by atoms with Crippen LogP contribution in [0.15, 0.2) is 28.7 Å². The van der Waals surface area contributed by atoms with Gasteiger partial charge in [-0.25, -0.2) is 0 Å². The molecule has 0 amide bonds. The fraction of sp³-hybridized carbons (Fsp3) is 0.500. The summed E-state index contributed by atoms with van der Waals surface area (Å²) >= 11 is 3.34. The van der Waals surface area contributed by atoms with E-state index < -0.39 is 11.9 Å². The van der Waals surface area contributed by atoms with Gasteiger partial charge in [-0.1, -0.05) is 28.1 Å². The molecule has 1 unspecified atom stereocenters. The third-order valence-electron chi connectivity index (χ3n) is 2.76. The third kappa shape index (κ3) is 6.18. The van der Waals surface area contributed by atoms with Crippen LogP contribution in [0.4, 0.5) is 0 Å². The number of rotatable bonds is 9. The van der Waals surface area contributed by atoms with Crippen molar-refractivity contribution in [1.82, 2.24) is 0 Å². The minimum Gasteiger partial charge on any atom is -0.481 e. The van der Waals surface area contributed by atoms with Gasteiger partial charge in [-0.3, -0.25) is 4.79 Å². The molecular weight excluding hydrogens is 312 g/mol. The zero-order chi connectivity index (χ0) is 14.1. The van der Waals surface area contributed by atoms with E-state index >= 15 is 0 Å². The third-order valence-corrected chi connectivity index (χ3v) is 3.29. The summed E-state index contributed by atoms with van der Waals surface area (Å²) in [5.74, 6) is -1.33. The summed E-state index contributed by atoms with van der Waals surface area (Å²) in [5.41, 5.74) is 0.802. The van der Waals surface area contributed by atoms with Crippen molar-refractivity contribution in [3.63, 3.8) is 0 Å². The molecule has 0 fully saturated rings. The lowest BCUT2D eigenvalue weighted by Gasteiger charge is -2.13. The Hall–Kier alpha value is -0.910. The average molecular weight is 331 g/mol. The Bertz CT molecular complexity index is 378. The van der Waals surface area contributed by atoms with Crippen LogP contribution in [0.1, 0.15) is 24.3 Å². The molecule has 5 heteroatoms. The summed E-state index contributed by atoms with van der Waals surface area (Å²) in [6.45, 7) is 1.70. The van der Waals surface area contributed by atoms with Gasteiger partial charge >= 0.3 is 5.97 Å². The van der Waals surface area contributed by atoms with Crippen LogP contribution < -0.4 is 0 Å². The summed E-state index contributed by atoms with van der Waals surface area (Å²) in [6.07, 6.45) is 1.30. The number of benzene rings is 1. The molecule has 0 spiro atoms. The number of carbonyl (C=O) groups is 1. The highest BCUT2D eigenvalue weighted by molar-refractivity contribution is 9.10. The van der Waals surface area contributed by atoms with Crippen LogP contribution in [0.5, 0.6) is 0 Å². The first-order chi connectivity index (χ1) is 9.15. The second-order valence-corrected chi connectivity index (χ2v) is 5.11. The van der Waals surface area contributed by atoms with Gasteiger partial charge < -0.3 is 14.6 Å². The van der Waals surface area contributed by atoms with Gasteiger partial charge in [0.05, 0.1) is 5.92 Å². The number of ether oxygens (including phenoxy) is 2. The first-order valence-electron chi connectivity index (χ1n) is 6.20. The van der Waals surface area contributed by atoms with Gasteiger partial charge in [-0.15, -0.1) is 0 Å². The summed E-state index contributed by atoms with van der Waals surface area (Å²) in [4.78, 5) is 11.3. The Balaban J connectivity index is 2.41. The predicted molar refractivity (Wildman–Crippen MR) is 76.4 cm³/mol. The molecule has 0 saturated carbocycles. The van der Waals surface area contributed by atoms with Crippen LogP contribution in [0.25, 0.3) is 0 Å². The molecule has 106 valence electrons. The van der Waals surface area contributed by atoms with E-state index in [0.29, 0.717) is 26.2 Å². The molecule has 4 nitrogen and oxygen atoms in total. The Morgan fingerprint density at radius 3 is 2.53 bits per heavy atom. The van der Waals surface area contributed by atoms with Gasteiger partial charge in [-0.2, -0.15) is 0 Å². The standard InChI is InChI=1S/C14H19BrO4/c1-18-8-2-9-19-10-7-13(14(16)17)11-3-5-12(15)6-4-11/h3-6,13H,2,7-10H2,1H3,(H,16,17). The molecule has 1 aromatic carbocycles. The number of methoxy groups -OCH3 is 1. The van der Waals surface area contributed by atoms with E-state index in [1.807, 2.05) is 24.3 Å². The van der Waals surface area contributed by atoms with Crippen LogP contribution in [0.2, 0.25) is 0 Å². The lowest BCUT2D eigenvalue weighted by molar-refractivity contribution is -0.139. The van der Waals surface area contributed by atoms with Gasteiger partial charge in [0.25, 0.3) is 0 Å². The van der Waals surface area contributed by atoms with Gasteiger partial charge in [0.1, 0.15) is 0 Å². The van der Waals surface area contributed by atoms with E-state index in [-0.39, 0.29) is 0 Å². The first-order valence-corrected chi connectivity index (χ1v) is 6.99. The summed E-state index contributed by atoms with van der Waals surface area (Å²) in [5, 5.41) is 9.25. The van der Waals surface area contributed by atoms with Gasteiger partial charge in [0, 0.05) is 31.4 Å². The van der Waals surface area contributed by atoms with E-state index in [1.165, 1.54) is 0 Å². The molecule has 0 aliphatic carbocycles. The maximum atomic E-state index is 11.3. The van der Waals surface area contributed by atoms with Crippen molar-refractivity contribution in [3.8, 4) is 0 Å². The SMILES string of the molecule is COCCCOCCC(C(=O)O)c1ccc(Br)cc1. The van der Waals surface area contributed by atoms with Crippen LogP contribution in [-0.2, 0) is 14.3 Å². The van der Waals surface area contributed by atoms with E-state index in [9.17, 15) is 9.90 Å². The van der Waals surface area contributed by atoms with Crippen molar-refractivity contribution in [3.05, 3.63) is 34.3 Å². The number of hydrogen-bond donors (Lipinski definition) is 1.